The van der Waals surface area contributed by atoms with Crippen LogP contribution in [0.1, 0.15) is 39.2 Å². The van der Waals surface area contributed by atoms with Gasteiger partial charge in [0, 0.05) is 29.7 Å². The van der Waals surface area contributed by atoms with Gasteiger partial charge in [-0.2, -0.15) is 5.10 Å². The molecule has 1 aromatic heterocycles. The van der Waals surface area contributed by atoms with Crippen molar-refractivity contribution in [3.05, 3.63) is 54.6 Å². The summed E-state index contributed by atoms with van der Waals surface area (Å²) in [5, 5.41) is 8.83. The van der Waals surface area contributed by atoms with Gasteiger partial charge in [0.25, 0.3) is 0 Å². The predicted octanol–water partition coefficient (Wildman–Crippen LogP) is 5.89. The molecule has 25 heavy (non-hydrogen) atoms. The minimum atomic E-state index is 1.00. The number of nitrogens with one attached hydrogen (secondary N) is 1. The number of aromatic nitrogens is 2. The van der Waals surface area contributed by atoms with Crippen LogP contribution in [-0.4, -0.2) is 23.3 Å². The van der Waals surface area contributed by atoms with Crippen LogP contribution in [-0.2, 0) is 0 Å². The van der Waals surface area contributed by atoms with E-state index < -0.39 is 0 Å². The molecule has 0 fully saturated rings. The van der Waals surface area contributed by atoms with Crippen LogP contribution < -0.4 is 4.90 Å². The zero-order valence-electron chi connectivity index (χ0n) is 15.5. The van der Waals surface area contributed by atoms with Crippen molar-refractivity contribution in [1.82, 2.24) is 10.2 Å². The number of allylic oxidation sites excluding steroid dienone is 1. The highest BCUT2D eigenvalue weighted by Gasteiger charge is 2.10. The van der Waals surface area contributed by atoms with Gasteiger partial charge in [0.15, 0.2) is 0 Å². The zero-order chi connectivity index (χ0) is 17.8. The quantitative estimate of drug-likeness (QED) is 0.584. The standard InChI is InChI=1S/C22H27N3/c1-5-13-25(14-6-2)19-10-7-17(8-11-19)22-20-15-18(16(3)4)9-12-21(20)23-24-22/h7-12,15H,3,5-6,13-14H2,1-2,4H3,(H,23,24). The van der Waals surface area contributed by atoms with E-state index in [-0.39, 0.29) is 0 Å². The van der Waals surface area contributed by atoms with Crippen molar-refractivity contribution in [1.29, 1.82) is 0 Å². The lowest BCUT2D eigenvalue weighted by atomic mass is 10.0. The number of hydrogen-bond acceptors (Lipinski definition) is 2. The number of nitrogens with zero attached hydrogens (tertiary/aromatic N) is 2. The maximum atomic E-state index is 4.54. The van der Waals surface area contributed by atoms with E-state index in [0.29, 0.717) is 0 Å². The first-order valence-corrected chi connectivity index (χ1v) is 9.13. The topological polar surface area (TPSA) is 31.9 Å². The molecule has 0 atom stereocenters. The number of fused-ring (bicyclic) bond motifs is 1. The normalized spacial score (nSPS) is 11.0. The van der Waals surface area contributed by atoms with Crippen molar-refractivity contribution >= 4 is 22.2 Å². The average molecular weight is 333 g/mol. The fourth-order valence-electron chi connectivity index (χ4n) is 3.24. The third kappa shape index (κ3) is 3.60. The summed E-state index contributed by atoms with van der Waals surface area (Å²) in [5.41, 5.74) is 6.71. The van der Waals surface area contributed by atoms with Gasteiger partial charge in [-0.15, -0.1) is 0 Å². The third-order valence-corrected chi connectivity index (χ3v) is 4.55. The Bertz CT molecular complexity index is 853. The van der Waals surface area contributed by atoms with Crippen molar-refractivity contribution in [2.45, 2.75) is 33.6 Å². The number of rotatable bonds is 7. The highest BCUT2D eigenvalue weighted by molar-refractivity contribution is 5.94. The third-order valence-electron chi connectivity index (χ3n) is 4.55. The molecule has 0 spiro atoms. The molecule has 1 N–H and O–H groups in total. The van der Waals surface area contributed by atoms with Crippen molar-refractivity contribution < 1.29 is 0 Å². The van der Waals surface area contributed by atoms with E-state index in [1.54, 1.807) is 0 Å². The Balaban J connectivity index is 1.95. The van der Waals surface area contributed by atoms with Gasteiger partial charge in [-0.05, 0) is 49.6 Å². The zero-order valence-corrected chi connectivity index (χ0v) is 15.5. The Morgan fingerprint density at radius 3 is 2.32 bits per heavy atom. The van der Waals surface area contributed by atoms with Crippen molar-refractivity contribution in [2.75, 3.05) is 18.0 Å². The summed E-state index contributed by atoms with van der Waals surface area (Å²) in [6.45, 7) is 12.7. The summed E-state index contributed by atoms with van der Waals surface area (Å²) in [4.78, 5) is 2.45. The Morgan fingerprint density at radius 2 is 1.72 bits per heavy atom. The fraction of sp³-hybridized carbons (Fsp3) is 0.318. The van der Waals surface area contributed by atoms with Crippen LogP contribution in [0.15, 0.2) is 49.0 Å². The first-order valence-electron chi connectivity index (χ1n) is 9.13. The second kappa shape index (κ2) is 7.56. The van der Waals surface area contributed by atoms with Crippen molar-refractivity contribution in [3.63, 3.8) is 0 Å². The van der Waals surface area contributed by atoms with Crippen LogP contribution >= 0.6 is 0 Å². The molecule has 3 aromatic rings. The molecular formula is C22H27N3. The lowest BCUT2D eigenvalue weighted by molar-refractivity contribution is 0.745. The highest BCUT2D eigenvalue weighted by atomic mass is 15.1. The second-order valence-corrected chi connectivity index (χ2v) is 6.65. The van der Waals surface area contributed by atoms with Gasteiger partial charge in [-0.3, -0.25) is 5.10 Å². The van der Waals surface area contributed by atoms with Gasteiger partial charge in [-0.25, -0.2) is 0 Å². The van der Waals surface area contributed by atoms with Crippen LogP contribution in [0.4, 0.5) is 5.69 Å². The first kappa shape index (κ1) is 17.3. The molecule has 0 unspecified atom stereocenters. The molecule has 3 heteroatoms. The maximum absolute atomic E-state index is 4.54. The fourth-order valence-corrected chi connectivity index (χ4v) is 3.24. The minimum Gasteiger partial charge on any atom is -0.372 e. The van der Waals surface area contributed by atoms with Gasteiger partial charge < -0.3 is 4.90 Å². The number of benzene rings is 2. The van der Waals surface area contributed by atoms with Gasteiger partial charge in [0.1, 0.15) is 0 Å². The van der Waals surface area contributed by atoms with Crippen LogP contribution in [0.25, 0.3) is 27.7 Å². The minimum absolute atomic E-state index is 1.00. The monoisotopic (exact) mass is 333 g/mol. The Hall–Kier alpha value is -2.55. The summed E-state index contributed by atoms with van der Waals surface area (Å²) in [7, 11) is 0. The van der Waals surface area contributed by atoms with Crippen LogP contribution in [0, 0.1) is 0 Å². The van der Waals surface area contributed by atoms with Crippen molar-refractivity contribution in [3.8, 4) is 11.3 Å². The first-order chi connectivity index (χ1) is 12.1. The van der Waals surface area contributed by atoms with Gasteiger partial charge >= 0.3 is 0 Å². The van der Waals surface area contributed by atoms with E-state index >= 15 is 0 Å². The molecule has 3 nitrogen and oxygen atoms in total. The molecule has 130 valence electrons. The molecule has 3 rings (SSSR count). The largest absolute Gasteiger partial charge is 0.372 e. The summed E-state index contributed by atoms with van der Waals surface area (Å²) < 4.78 is 0. The van der Waals surface area contributed by atoms with Gasteiger partial charge in [0.05, 0.1) is 11.2 Å². The highest BCUT2D eigenvalue weighted by Crippen LogP contribution is 2.30. The molecule has 0 aliphatic heterocycles. The average Bonchev–Trinajstić information content (AvgIpc) is 3.05. The van der Waals surface area contributed by atoms with E-state index in [9.17, 15) is 0 Å². The lowest BCUT2D eigenvalue weighted by Crippen LogP contribution is -2.24. The number of aromatic amines is 1. The molecule has 0 bridgehead atoms. The Labute approximate surface area is 150 Å². The smallest absolute Gasteiger partial charge is 0.0999 e. The summed E-state index contributed by atoms with van der Waals surface area (Å²) in [6.07, 6.45) is 2.32. The number of anilines is 1. The van der Waals surface area contributed by atoms with E-state index in [0.717, 1.165) is 59.2 Å². The summed E-state index contributed by atoms with van der Waals surface area (Å²) in [5.74, 6) is 0. The van der Waals surface area contributed by atoms with Crippen LogP contribution in [0.3, 0.4) is 0 Å². The van der Waals surface area contributed by atoms with Crippen LogP contribution in [0.5, 0.6) is 0 Å². The van der Waals surface area contributed by atoms with E-state index in [4.69, 9.17) is 0 Å². The second-order valence-electron chi connectivity index (χ2n) is 6.65. The number of H-pyrrole nitrogens is 1. The molecule has 2 aromatic carbocycles. The molecule has 1 heterocycles. The van der Waals surface area contributed by atoms with Crippen molar-refractivity contribution in [2.24, 2.45) is 0 Å². The maximum Gasteiger partial charge on any atom is 0.0999 e. The Kier molecular flexibility index (Phi) is 5.22. The lowest BCUT2D eigenvalue weighted by Gasteiger charge is -2.23. The van der Waals surface area contributed by atoms with E-state index in [1.165, 1.54) is 5.69 Å². The molecule has 0 amide bonds. The summed E-state index contributed by atoms with van der Waals surface area (Å²) >= 11 is 0. The van der Waals surface area contributed by atoms with Crippen LogP contribution in [0.2, 0.25) is 0 Å². The predicted molar refractivity (Wildman–Crippen MR) is 109 cm³/mol. The molecule has 0 aliphatic carbocycles. The molecule has 0 saturated heterocycles. The van der Waals surface area contributed by atoms with E-state index in [1.807, 2.05) is 6.92 Å². The Morgan fingerprint density at radius 1 is 1.04 bits per heavy atom. The number of hydrogen-bond donors (Lipinski definition) is 1. The van der Waals surface area contributed by atoms with E-state index in [2.05, 4.69) is 78.0 Å². The van der Waals surface area contributed by atoms with Gasteiger partial charge in [0.2, 0.25) is 0 Å². The summed E-state index contributed by atoms with van der Waals surface area (Å²) in [6, 6.07) is 15.1. The van der Waals surface area contributed by atoms with Gasteiger partial charge in [-0.1, -0.05) is 44.2 Å². The molecule has 0 radical (unpaired) electrons. The molecule has 0 saturated carbocycles. The SMILES string of the molecule is C=C(C)c1ccc2[nH]nc(-c3ccc(N(CCC)CCC)cc3)c2c1. The molecule has 0 aliphatic rings. The molecular weight excluding hydrogens is 306 g/mol.